The van der Waals surface area contributed by atoms with Crippen LogP contribution in [0.3, 0.4) is 0 Å². The predicted molar refractivity (Wildman–Crippen MR) is 67.0 cm³/mol. The number of benzene rings is 1. The Hall–Kier alpha value is -2.02. The minimum absolute atomic E-state index is 0.0756. The van der Waals surface area contributed by atoms with Crippen molar-refractivity contribution in [3.05, 3.63) is 35.7 Å². The molecule has 0 saturated carbocycles. The number of carbonyl (C=O) groups excluding carboxylic acids is 1. The molecule has 1 unspecified atom stereocenters. The van der Waals surface area contributed by atoms with Crippen molar-refractivity contribution >= 4 is 12.0 Å². The average Bonchev–Trinajstić information content (AvgIpc) is 2.42. The van der Waals surface area contributed by atoms with Crippen molar-refractivity contribution in [3.8, 4) is 5.75 Å². The molecule has 20 heavy (non-hydrogen) atoms. The number of rotatable bonds is 6. The normalized spacial score (nSPS) is 12.7. The van der Waals surface area contributed by atoms with Gasteiger partial charge in [0, 0.05) is 12.6 Å². The molecule has 0 saturated heterocycles. The molecule has 1 aromatic rings. The van der Waals surface area contributed by atoms with Gasteiger partial charge in [0.1, 0.15) is 6.10 Å². The van der Waals surface area contributed by atoms with Crippen molar-refractivity contribution in [2.45, 2.75) is 12.5 Å². The number of alkyl halides is 2. The Morgan fingerprint density at radius 3 is 2.75 bits per heavy atom. The smallest absolute Gasteiger partial charge is 0.265 e. The average molecular weight is 289 g/mol. The summed E-state index contributed by atoms with van der Waals surface area (Å²) in [7, 11) is 1.33. The van der Waals surface area contributed by atoms with Gasteiger partial charge in [0.25, 0.3) is 6.43 Å². The number of aliphatic hydroxyl groups is 1. The molecule has 0 heterocycles. The molecule has 1 rings (SSSR count). The highest BCUT2D eigenvalue weighted by atomic mass is 19.3. The maximum absolute atomic E-state index is 13.3. The van der Waals surface area contributed by atoms with Crippen LogP contribution in [0.4, 0.5) is 13.2 Å². The minimum atomic E-state index is -2.92. The van der Waals surface area contributed by atoms with Gasteiger partial charge in [-0.3, -0.25) is 4.79 Å². The minimum Gasteiger partial charge on any atom is -0.494 e. The highest BCUT2D eigenvalue weighted by Gasteiger charge is 2.16. The molecule has 1 aromatic carbocycles. The second kappa shape index (κ2) is 7.54. The fourth-order valence-electron chi connectivity index (χ4n) is 1.31. The zero-order valence-corrected chi connectivity index (χ0v) is 10.6. The molecule has 1 amide bonds. The summed E-state index contributed by atoms with van der Waals surface area (Å²) in [5, 5.41) is 10.9. The van der Waals surface area contributed by atoms with Crippen LogP contribution < -0.4 is 10.1 Å². The predicted octanol–water partition coefficient (Wildman–Crippen LogP) is 1.59. The summed E-state index contributed by atoms with van der Waals surface area (Å²) < 4.78 is 42.0. The molecule has 0 aromatic heterocycles. The Morgan fingerprint density at radius 1 is 1.50 bits per heavy atom. The molecular weight excluding hydrogens is 275 g/mol. The maximum Gasteiger partial charge on any atom is 0.265 e. The van der Waals surface area contributed by atoms with E-state index < -0.39 is 30.8 Å². The van der Waals surface area contributed by atoms with E-state index in [-0.39, 0.29) is 5.75 Å². The monoisotopic (exact) mass is 289 g/mol. The largest absolute Gasteiger partial charge is 0.494 e. The van der Waals surface area contributed by atoms with Gasteiger partial charge in [0.05, 0.1) is 7.11 Å². The van der Waals surface area contributed by atoms with Gasteiger partial charge in [-0.05, 0) is 23.8 Å². The molecule has 0 spiro atoms. The van der Waals surface area contributed by atoms with Crippen molar-refractivity contribution in [2.75, 3.05) is 13.7 Å². The summed E-state index contributed by atoms with van der Waals surface area (Å²) in [6.45, 7) is -0.558. The van der Waals surface area contributed by atoms with Gasteiger partial charge in [0.2, 0.25) is 5.91 Å². The van der Waals surface area contributed by atoms with Crippen LogP contribution in [0.5, 0.6) is 5.75 Å². The molecule has 110 valence electrons. The lowest BCUT2D eigenvalue weighted by Crippen LogP contribution is -2.34. The fraction of sp³-hybridized carbons (Fsp3) is 0.308. The van der Waals surface area contributed by atoms with Gasteiger partial charge in [-0.25, -0.2) is 13.2 Å². The number of ether oxygens (including phenoxy) is 1. The van der Waals surface area contributed by atoms with Crippen LogP contribution in [0.2, 0.25) is 0 Å². The summed E-state index contributed by atoms with van der Waals surface area (Å²) >= 11 is 0. The number of hydrogen-bond acceptors (Lipinski definition) is 3. The van der Waals surface area contributed by atoms with Gasteiger partial charge in [-0.15, -0.1) is 0 Å². The van der Waals surface area contributed by atoms with Crippen molar-refractivity contribution in [1.82, 2.24) is 5.32 Å². The van der Waals surface area contributed by atoms with E-state index in [4.69, 9.17) is 9.84 Å². The first-order valence-corrected chi connectivity index (χ1v) is 5.69. The van der Waals surface area contributed by atoms with Crippen LogP contribution in [0.25, 0.3) is 6.08 Å². The SMILES string of the molecule is COc1ccc(/C=C/C(=O)NCC(O)C(F)F)cc1F. The van der Waals surface area contributed by atoms with Crippen LogP contribution in [-0.2, 0) is 4.79 Å². The van der Waals surface area contributed by atoms with E-state index in [9.17, 15) is 18.0 Å². The molecule has 0 aliphatic rings. The third kappa shape index (κ3) is 4.93. The van der Waals surface area contributed by atoms with Crippen molar-refractivity contribution in [3.63, 3.8) is 0 Å². The quantitative estimate of drug-likeness (QED) is 0.782. The van der Waals surface area contributed by atoms with E-state index in [0.29, 0.717) is 5.56 Å². The molecule has 0 aliphatic carbocycles. The standard InChI is InChI=1S/C13H14F3NO3/c1-20-11-4-2-8(6-9(11)14)3-5-12(19)17-7-10(18)13(15)16/h2-6,10,13,18H,7H2,1H3,(H,17,19)/b5-3+. The lowest BCUT2D eigenvalue weighted by Gasteiger charge is -2.08. The first kappa shape index (κ1) is 16.0. The van der Waals surface area contributed by atoms with E-state index >= 15 is 0 Å². The number of methoxy groups -OCH3 is 1. The Morgan fingerprint density at radius 2 is 2.20 bits per heavy atom. The third-order valence-electron chi connectivity index (χ3n) is 2.38. The first-order chi connectivity index (χ1) is 9.43. The molecule has 1 atom stereocenters. The van der Waals surface area contributed by atoms with Crippen molar-refractivity contribution in [2.24, 2.45) is 0 Å². The van der Waals surface area contributed by atoms with Gasteiger partial charge in [-0.2, -0.15) is 0 Å². The van der Waals surface area contributed by atoms with Crippen LogP contribution in [0, 0.1) is 5.82 Å². The summed E-state index contributed by atoms with van der Waals surface area (Å²) in [4.78, 5) is 11.3. The summed E-state index contributed by atoms with van der Waals surface area (Å²) in [5.41, 5.74) is 0.410. The van der Waals surface area contributed by atoms with Gasteiger partial charge >= 0.3 is 0 Å². The zero-order valence-electron chi connectivity index (χ0n) is 10.6. The second-order valence-electron chi connectivity index (χ2n) is 3.87. The van der Waals surface area contributed by atoms with E-state index in [1.807, 2.05) is 0 Å². The fourth-order valence-corrected chi connectivity index (χ4v) is 1.31. The molecule has 7 heteroatoms. The summed E-state index contributed by atoms with van der Waals surface area (Å²) in [5.74, 6) is -1.17. The van der Waals surface area contributed by atoms with E-state index in [1.165, 1.54) is 25.3 Å². The Bertz CT molecular complexity index is 492. The molecule has 0 aliphatic heterocycles. The molecular formula is C13H14F3NO3. The number of halogens is 3. The van der Waals surface area contributed by atoms with Gasteiger partial charge < -0.3 is 15.2 Å². The third-order valence-corrected chi connectivity index (χ3v) is 2.38. The van der Waals surface area contributed by atoms with Crippen molar-refractivity contribution < 1.29 is 27.8 Å². The Kier molecular flexibility index (Phi) is 6.05. The maximum atomic E-state index is 13.3. The molecule has 2 N–H and O–H groups in total. The number of hydrogen-bond donors (Lipinski definition) is 2. The van der Waals surface area contributed by atoms with E-state index in [0.717, 1.165) is 12.1 Å². The highest BCUT2D eigenvalue weighted by Crippen LogP contribution is 2.18. The molecule has 0 bridgehead atoms. The van der Waals surface area contributed by atoms with E-state index in [2.05, 4.69) is 5.32 Å². The molecule has 4 nitrogen and oxygen atoms in total. The number of amides is 1. The number of aliphatic hydroxyl groups excluding tert-OH is 1. The number of carbonyl (C=O) groups is 1. The van der Waals surface area contributed by atoms with Crippen LogP contribution in [0.15, 0.2) is 24.3 Å². The Labute approximate surface area is 113 Å². The van der Waals surface area contributed by atoms with Crippen LogP contribution >= 0.6 is 0 Å². The summed E-state index contributed by atoms with van der Waals surface area (Å²) in [6.07, 6.45) is -2.47. The summed E-state index contributed by atoms with van der Waals surface area (Å²) in [6, 6.07) is 4.09. The Balaban J connectivity index is 2.55. The lowest BCUT2D eigenvalue weighted by molar-refractivity contribution is -0.117. The van der Waals surface area contributed by atoms with Gasteiger partial charge in [-0.1, -0.05) is 6.07 Å². The molecule has 0 fully saturated rings. The first-order valence-electron chi connectivity index (χ1n) is 5.69. The van der Waals surface area contributed by atoms with Gasteiger partial charge in [0.15, 0.2) is 11.6 Å². The van der Waals surface area contributed by atoms with Crippen LogP contribution in [0.1, 0.15) is 5.56 Å². The number of nitrogens with one attached hydrogen (secondary N) is 1. The van der Waals surface area contributed by atoms with Crippen LogP contribution in [-0.4, -0.2) is 37.2 Å². The topological polar surface area (TPSA) is 58.6 Å². The highest BCUT2D eigenvalue weighted by molar-refractivity contribution is 5.91. The second-order valence-corrected chi connectivity index (χ2v) is 3.87. The molecule has 0 radical (unpaired) electrons. The lowest BCUT2D eigenvalue weighted by atomic mass is 10.2. The zero-order chi connectivity index (χ0) is 15.1. The van der Waals surface area contributed by atoms with E-state index in [1.54, 1.807) is 0 Å². The van der Waals surface area contributed by atoms with Crippen molar-refractivity contribution in [1.29, 1.82) is 0 Å².